The number of carbonyl (C=O) groups is 1. The van der Waals surface area contributed by atoms with Gasteiger partial charge in [0, 0.05) is 6.92 Å². The largest absolute Gasteiger partial charge is 0.426 e. The molecule has 0 aromatic heterocycles. The van der Waals surface area contributed by atoms with Gasteiger partial charge in [-0.15, -0.1) is 0 Å². The van der Waals surface area contributed by atoms with Gasteiger partial charge in [0.05, 0.1) is 0 Å². The number of rotatable bonds is 1. The van der Waals surface area contributed by atoms with Crippen LogP contribution in [0.1, 0.15) is 70.1 Å². The zero-order chi connectivity index (χ0) is 16.1. The molecule has 1 fully saturated rings. The summed E-state index contributed by atoms with van der Waals surface area (Å²) >= 11 is 0. The quantitative estimate of drug-likeness (QED) is 0.542. The summed E-state index contributed by atoms with van der Waals surface area (Å²) in [6.07, 6.45) is 6.29. The molecule has 2 unspecified atom stereocenters. The van der Waals surface area contributed by atoms with Gasteiger partial charge >= 0.3 is 5.97 Å². The number of esters is 1. The van der Waals surface area contributed by atoms with E-state index < -0.39 is 0 Å². The first kappa shape index (κ1) is 15.6. The molecule has 0 spiro atoms. The minimum absolute atomic E-state index is 0.220. The van der Waals surface area contributed by atoms with Crippen LogP contribution in [0.2, 0.25) is 0 Å². The second-order valence-electron chi connectivity index (χ2n) is 8.22. The van der Waals surface area contributed by atoms with Crippen LogP contribution >= 0.6 is 0 Å². The molecule has 2 atom stereocenters. The molecule has 1 aromatic rings. The zero-order valence-electron chi connectivity index (χ0n) is 14.6. The van der Waals surface area contributed by atoms with E-state index in [0.29, 0.717) is 11.3 Å². The summed E-state index contributed by atoms with van der Waals surface area (Å²) in [6, 6.07) is 4.41. The first-order valence-corrected chi connectivity index (χ1v) is 8.56. The van der Waals surface area contributed by atoms with Crippen molar-refractivity contribution in [2.24, 2.45) is 11.3 Å². The van der Waals surface area contributed by atoms with Crippen LogP contribution in [0.4, 0.5) is 0 Å². The van der Waals surface area contributed by atoms with Crippen molar-refractivity contribution in [3.8, 4) is 5.75 Å². The Labute approximate surface area is 134 Å². The summed E-state index contributed by atoms with van der Waals surface area (Å²) in [5.41, 5.74) is 4.59. The normalized spacial score (nSPS) is 29.4. The van der Waals surface area contributed by atoms with E-state index >= 15 is 0 Å². The maximum atomic E-state index is 11.4. The average Bonchev–Trinajstić information content (AvgIpc) is 2.39. The topological polar surface area (TPSA) is 26.3 Å². The minimum Gasteiger partial charge on any atom is -0.426 e. The van der Waals surface area contributed by atoms with Crippen molar-refractivity contribution in [1.29, 1.82) is 0 Å². The van der Waals surface area contributed by atoms with Crippen LogP contribution in [0.5, 0.6) is 5.75 Å². The number of hydrogen-bond acceptors (Lipinski definition) is 2. The second kappa shape index (κ2) is 5.11. The van der Waals surface area contributed by atoms with E-state index in [1.165, 1.54) is 43.7 Å². The Kier molecular flexibility index (Phi) is 3.62. The van der Waals surface area contributed by atoms with Gasteiger partial charge in [0.2, 0.25) is 0 Å². The van der Waals surface area contributed by atoms with Gasteiger partial charge in [0.1, 0.15) is 5.75 Å². The third kappa shape index (κ3) is 2.37. The Hall–Kier alpha value is -1.31. The summed E-state index contributed by atoms with van der Waals surface area (Å²) < 4.78 is 5.45. The van der Waals surface area contributed by atoms with Crippen LogP contribution in [-0.2, 0) is 16.6 Å². The lowest BCUT2D eigenvalue weighted by Crippen LogP contribution is -2.47. The Bertz CT molecular complexity index is 614. The average molecular weight is 300 g/mol. The molecule has 2 nitrogen and oxygen atoms in total. The van der Waals surface area contributed by atoms with E-state index in [2.05, 4.69) is 32.9 Å². The van der Waals surface area contributed by atoms with Gasteiger partial charge in [-0.05, 0) is 72.1 Å². The molecule has 2 aliphatic carbocycles. The van der Waals surface area contributed by atoms with Crippen LogP contribution in [0.15, 0.2) is 12.1 Å². The van der Waals surface area contributed by atoms with E-state index in [1.807, 2.05) is 6.92 Å². The molecule has 0 heterocycles. The minimum atomic E-state index is -0.232. The number of hydrogen-bond donors (Lipinski definition) is 0. The summed E-state index contributed by atoms with van der Waals surface area (Å²) in [7, 11) is 0. The van der Waals surface area contributed by atoms with Crippen LogP contribution in [-0.4, -0.2) is 5.97 Å². The van der Waals surface area contributed by atoms with Gasteiger partial charge in [-0.3, -0.25) is 4.79 Å². The number of aryl methyl sites for hydroxylation is 2. The Balaban J connectivity index is 2.10. The van der Waals surface area contributed by atoms with E-state index in [9.17, 15) is 4.79 Å². The van der Waals surface area contributed by atoms with Crippen molar-refractivity contribution in [3.63, 3.8) is 0 Å². The SMILES string of the molecule is CC(=O)Oc1cc2c(cc1C)CCC1C(C)(C)CCCC21C. The van der Waals surface area contributed by atoms with Gasteiger partial charge in [0.25, 0.3) is 0 Å². The monoisotopic (exact) mass is 300 g/mol. The first-order chi connectivity index (χ1) is 10.2. The summed E-state index contributed by atoms with van der Waals surface area (Å²) in [5, 5.41) is 0. The lowest BCUT2D eigenvalue weighted by Gasteiger charge is -2.54. The summed E-state index contributed by atoms with van der Waals surface area (Å²) in [5.74, 6) is 1.23. The Morgan fingerprint density at radius 3 is 2.64 bits per heavy atom. The van der Waals surface area contributed by atoms with Gasteiger partial charge < -0.3 is 4.74 Å². The summed E-state index contributed by atoms with van der Waals surface area (Å²) in [6.45, 7) is 10.8. The number of carbonyl (C=O) groups excluding carboxylic acids is 1. The van der Waals surface area contributed by atoms with Crippen molar-refractivity contribution >= 4 is 5.97 Å². The molecule has 0 radical (unpaired) electrons. The van der Waals surface area contributed by atoms with Crippen LogP contribution in [0.25, 0.3) is 0 Å². The van der Waals surface area contributed by atoms with Crippen molar-refractivity contribution in [2.75, 3.05) is 0 Å². The highest BCUT2D eigenvalue weighted by molar-refractivity contribution is 5.70. The van der Waals surface area contributed by atoms with Gasteiger partial charge in [-0.2, -0.15) is 0 Å². The standard InChI is InChI=1S/C20H28O2/c1-13-11-15-7-8-18-19(3,4)9-6-10-20(18,5)16(15)12-17(13)22-14(2)21/h11-12,18H,6-10H2,1-5H3. The van der Waals surface area contributed by atoms with E-state index in [-0.39, 0.29) is 11.4 Å². The Morgan fingerprint density at radius 1 is 1.23 bits per heavy atom. The molecule has 1 saturated carbocycles. The fourth-order valence-corrected chi connectivity index (χ4v) is 5.20. The summed E-state index contributed by atoms with van der Waals surface area (Å²) in [4.78, 5) is 11.4. The molecule has 22 heavy (non-hydrogen) atoms. The van der Waals surface area contributed by atoms with Crippen molar-refractivity contribution in [2.45, 2.75) is 72.1 Å². The highest BCUT2D eigenvalue weighted by atomic mass is 16.5. The maximum absolute atomic E-state index is 11.4. The van der Waals surface area contributed by atoms with Gasteiger partial charge in [-0.1, -0.05) is 33.3 Å². The van der Waals surface area contributed by atoms with Crippen LogP contribution in [0.3, 0.4) is 0 Å². The lowest BCUT2D eigenvalue weighted by molar-refractivity contribution is -0.131. The zero-order valence-corrected chi connectivity index (χ0v) is 14.6. The molecular formula is C20H28O2. The molecular weight excluding hydrogens is 272 g/mol. The second-order valence-corrected chi connectivity index (χ2v) is 8.22. The van der Waals surface area contributed by atoms with Crippen LogP contribution in [0, 0.1) is 18.3 Å². The molecule has 1 aromatic carbocycles. The third-order valence-electron chi connectivity index (χ3n) is 6.20. The molecule has 2 heteroatoms. The van der Waals surface area contributed by atoms with E-state index in [0.717, 1.165) is 17.7 Å². The molecule has 3 rings (SSSR count). The molecule has 0 amide bonds. The van der Waals surface area contributed by atoms with E-state index in [4.69, 9.17) is 4.74 Å². The third-order valence-corrected chi connectivity index (χ3v) is 6.20. The molecule has 0 bridgehead atoms. The van der Waals surface area contributed by atoms with Crippen molar-refractivity contribution < 1.29 is 9.53 Å². The maximum Gasteiger partial charge on any atom is 0.308 e. The lowest BCUT2D eigenvalue weighted by atomic mass is 9.50. The number of fused-ring (bicyclic) bond motifs is 3. The van der Waals surface area contributed by atoms with Gasteiger partial charge in [0.15, 0.2) is 0 Å². The molecule has 2 aliphatic rings. The van der Waals surface area contributed by atoms with Gasteiger partial charge in [-0.25, -0.2) is 0 Å². The highest BCUT2D eigenvalue weighted by Gasteiger charge is 2.49. The van der Waals surface area contributed by atoms with E-state index in [1.54, 1.807) is 0 Å². The molecule has 120 valence electrons. The fourth-order valence-electron chi connectivity index (χ4n) is 5.20. The highest BCUT2D eigenvalue weighted by Crippen LogP contribution is 2.57. The fraction of sp³-hybridized carbons (Fsp3) is 0.650. The molecule has 0 N–H and O–H groups in total. The first-order valence-electron chi connectivity index (χ1n) is 8.56. The smallest absolute Gasteiger partial charge is 0.308 e. The van der Waals surface area contributed by atoms with Crippen molar-refractivity contribution in [1.82, 2.24) is 0 Å². The number of ether oxygens (including phenoxy) is 1. The van der Waals surface area contributed by atoms with Crippen LogP contribution < -0.4 is 4.74 Å². The predicted molar refractivity (Wildman–Crippen MR) is 89.3 cm³/mol. The number of benzene rings is 1. The predicted octanol–water partition coefficient (Wildman–Crippen LogP) is 4.95. The van der Waals surface area contributed by atoms with Crippen molar-refractivity contribution in [3.05, 3.63) is 28.8 Å². The molecule has 0 aliphatic heterocycles. The molecule has 0 saturated heterocycles. The Morgan fingerprint density at radius 2 is 1.95 bits per heavy atom.